The fraction of sp³-hybridized carbons (Fsp3) is 0.393. The summed E-state index contributed by atoms with van der Waals surface area (Å²) in [5.41, 5.74) is 10.8. The van der Waals surface area contributed by atoms with Crippen LogP contribution < -0.4 is 26.8 Å². The van der Waals surface area contributed by atoms with Crippen molar-refractivity contribution >= 4 is 47.4 Å². The molecule has 0 aromatic heterocycles. The Kier molecular flexibility index (Phi) is 10.7. The highest BCUT2D eigenvalue weighted by Crippen LogP contribution is 2.31. The number of nitrogens with zero attached hydrogens (tertiary/aromatic N) is 4. The van der Waals surface area contributed by atoms with Gasteiger partial charge in [-0.15, -0.1) is 0 Å². The molecule has 2 fully saturated rings. The highest BCUT2D eigenvalue weighted by Gasteiger charge is 2.40. The number of rotatable bonds is 9. The van der Waals surface area contributed by atoms with Crippen molar-refractivity contribution in [1.82, 2.24) is 20.4 Å². The number of benzene rings is 1. The monoisotopic (exact) mass is 633 g/mol. The lowest BCUT2D eigenvalue weighted by molar-refractivity contribution is -0.157. The van der Waals surface area contributed by atoms with Gasteiger partial charge in [-0.2, -0.15) is 8.78 Å². The second-order valence-electron chi connectivity index (χ2n) is 10.3. The van der Waals surface area contributed by atoms with Crippen molar-refractivity contribution in [3.05, 3.63) is 58.2 Å². The number of carbonyl (C=O) groups is 2. The Labute approximate surface area is 257 Å². The molecule has 13 nitrogen and oxygen atoms in total. The van der Waals surface area contributed by atoms with Crippen molar-refractivity contribution in [1.29, 1.82) is 5.41 Å². The second kappa shape index (κ2) is 14.4. The minimum Gasteiger partial charge on any atom is -0.434 e. The van der Waals surface area contributed by atoms with E-state index in [0.29, 0.717) is 19.7 Å². The number of alkyl halides is 2. The van der Waals surface area contributed by atoms with Gasteiger partial charge in [-0.3, -0.25) is 20.0 Å². The lowest BCUT2D eigenvalue weighted by Crippen LogP contribution is -2.58. The van der Waals surface area contributed by atoms with E-state index < -0.39 is 24.0 Å². The van der Waals surface area contributed by atoms with Crippen molar-refractivity contribution in [3.63, 3.8) is 0 Å². The summed E-state index contributed by atoms with van der Waals surface area (Å²) in [5.74, 6) is -2.11. The first kappa shape index (κ1) is 32.6. The number of nitrogens with two attached hydrogens (primary N) is 2. The van der Waals surface area contributed by atoms with Crippen LogP contribution in [0.1, 0.15) is 18.4 Å². The first-order valence-corrected chi connectivity index (χ1v) is 14.1. The maximum atomic E-state index is 13.3. The fourth-order valence-corrected chi connectivity index (χ4v) is 5.10. The molecule has 0 radical (unpaired) electrons. The summed E-state index contributed by atoms with van der Waals surface area (Å²) < 4.78 is 37.0. The van der Waals surface area contributed by atoms with Gasteiger partial charge in [-0.25, -0.2) is 4.99 Å². The summed E-state index contributed by atoms with van der Waals surface area (Å²) in [6.07, 6.45) is 7.18. The third kappa shape index (κ3) is 8.18. The van der Waals surface area contributed by atoms with Crippen LogP contribution in [0.15, 0.2) is 57.6 Å². The highest BCUT2D eigenvalue weighted by atomic mass is 35.5. The zero-order chi connectivity index (χ0) is 31.9. The van der Waals surface area contributed by atoms with Gasteiger partial charge in [0.15, 0.2) is 0 Å². The topological polar surface area (TPSA) is 184 Å². The third-order valence-electron chi connectivity index (χ3n) is 7.27. The smallest absolute Gasteiger partial charge is 0.387 e. The van der Waals surface area contributed by atoms with E-state index in [1.807, 2.05) is 7.05 Å². The second-order valence-corrected chi connectivity index (χ2v) is 10.8. The number of allylic oxidation sites excluding steroid dienone is 2. The molecule has 3 aliphatic rings. The molecule has 16 heteroatoms. The summed E-state index contributed by atoms with van der Waals surface area (Å²) in [6.45, 7) is -0.495. The number of amidine groups is 1. The molecule has 2 amide bonds. The number of hydrogen-bond acceptors (Lipinski definition) is 10. The molecule has 7 N–H and O–H groups in total. The van der Waals surface area contributed by atoms with Crippen molar-refractivity contribution in [2.45, 2.75) is 25.1 Å². The Morgan fingerprint density at radius 3 is 2.73 bits per heavy atom. The number of morpholine rings is 1. The van der Waals surface area contributed by atoms with Crippen LogP contribution in [0.5, 0.6) is 5.75 Å². The number of nitrogens with one attached hydrogen (secondary N) is 3. The quantitative estimate of drug-likeness (QED) is 0.154. The molecule has 236 valence electrons. The third-order valence-corrected chi connectivity index (χ3v) is 7.51. The summed E-state index contributed by atoms with van der Waals surface area (Å²) >= 11 is 6.11. The summed E-state index contributed by atoms with van der Waals surface area (Å²) in [5, 5.41) is 13.3. The molecule has 2 saturated heterocycles. The van der Waals surface area contributed by atoms with Crippen LogP contribution in [0.25, 0.3) is 5.70 Å². The number of amides is 2. The maximum Gasteiger partial charge on any atom is 0.387 e. The molecule has 1 spiro atoms. The Bertz CT molecular complexity index is 1440. The fourth-order valence-electron chi connectivity index (χ4n) is 4.93. The van der Waals surface area contributed by atoms with Gasteiger partial charge in [0.2, 0.25) is 5.91 Å². The van der Waals surface area contributed by atoms with Gasteiger partial charge < -0.3 is 41.4 Å². The van der Waals surface area contributed by atoms with Gasteiger partial charge in [-0.05, 0) is 44.2 Å². The molecule has 0 aliphatic carbocycles. The van der Waals surface area contributed by atoms with E-state index in [4.69, 9.17) is 33.2 Å². The number of hydrogen-bond donors (Lipinski definition) is 5. The first-order valence-electron chi connectivity index (χ1n) is 13.7. The standard InChI is InChI=1S/C28H34ClF2N9O4/c1-39-9-5-28(6-10-39)16-40(11-12-43-28)21(41)15-35-14-19(23(32)18-13-17(29)3-4-20(18)44-27(30)31)38-26(42)22(24(33)34)25-36-7-2-8-37-25/h2-4,7-8,13-14,27,36H,5-6,9-12,15-16,32H2,1H3,(H3,33,34)(H,38,42)/b23-19?,25-22-,35-14?. The molecule has 1 aromatic rings. The van der Waals surface area contributed by atoms with Gasteiger partial charge in [0, 0.05) is 55.4 Å². The molecule has 0 atom stereocenters. The normalized spacial score (nSPS) is 20.0. The molecule has 3 aliphatic heterocycles. The van der Waals surface area contributed by atoms with E-state index in [-0.39, 0.29) is 51.6 Å². The maximum absolute atomic E-state index is 13.3. The van der Waals surface area contributed by atoms with Gasteiger partial charge >= 0.3 is 6.61 Å². The molecule has 0 unspecified atom stereocenters. The lowest BCUT2D eigenvalue weighted by Gasteiger charge is -2.46. The first-order chi connectivity index (χ1) is 21.0. The number of aliphatic imine (C=N–C) groups is 2. The lowest BCUT2D eigenvalue weighted by atomic mass is 9.89. The van der Waals surface area contributed by atoms with Gasteiger partial charge in [-0.1, -0.05) is 11.6 Å². The minimum atomic E-state index is -3.18. The Balaban J connectivity index is 1.62. The van der Waals surface area contributed by atoms with Crippen molar-refractivity contribution in [3.8, 4) is 5.75 Å². The van der Waals surface area contributed by atoms with E-state index in [2.05, 4.69) is 30.3 Å². The SMILES string of the molecule is CN1CCC2(CC1)CN(C(=O)CN=CC(NC(=O)/C(C(=N)N)=C1\N=CC=CN1)=C(N)c1cc(Cl)ccc1OC(F)F)CCO2. The van der Waals surface area contributed by atoms with Crippen LogP contribution in [0.4, 0.5) is 8.78 Å². The Morgan fingerprint density at radius 1 is 1.32 bits per heavy atom. The van der Waals surface area contributed by atoms with E-state index in [9.17, 15) is 18.4 Å². The van der Waals surface area contributed by atoms with Crippen LogP contribution in [-0.2, 0) is 14.3 Å². The number of piperidine rings is 1. The summed E-state index contributed by atoms with van der Waals surface area (Å²) in [6, 6.07) is 3.81. The van der Waals surface area contributed by atoms with Gasteiger partial charge in [0.25, 0.3) is 5.91 Å². The van der Waals surface area contributed by atoms with Crippen molar-refractivity contribution in [2.24, 2.45) is 21.5 Å². The molecule has 1 aromatic carbocycles. The average molecular weight is 634 g/mol. The number of halogens is 3. The van der Waals surface area contributed by atoms with Crippen LogP contribution in [-0.4, -0.2) is 98.5 Å². The van der Waals surface area contributed by atoms with E-state index >= 15 is 0 Å². The Morgan fingerprint density at radius 2 is 2.07 bits per heavy atom. The molecule has 4 rings (SSSR count). The van der Waals surface area contributed by atoms with E-state index in [1.54, 1.807) is 11.0 Å². The largest absolute Gasteiger partial charge is 0.434 e. The van der Waals surface area contributed by atoms with Gasteiger partial charge in [0.05, 0.1) is 23.6 Å². The predicted molar refractivity (Wildman–Crippen MR) is 162 cm³/mol. The summed E-state index contributed by atoms with van der Waals surface area (Å²) in [7, 11) is 2.04. The predicted octanol–water partition coefficient (Wildman–Crippen LogP) is 1.41. The molecular formula is C28H34ClF2N9O4. The van der Waals surface area contributed by atoms with Crippen LogP contribution in [0, 0.1) is 5.41 Å². The number of ether oxygens (including phenoxy) is 2. The average Bonchev–Trinajstić information content (AvgIpc) is 2.99. The minimum absolute atomic E-state index is 0.0119. The number of likely N-dealkylation sites (tertiary alicyclic amines) is 1. The zero-order valence-electron chi connectivity index (χ0n) is 24.0. The summed E-state index contributed by atoms with van der Waals surface area (Å²) in [4.78, 5) is 38.7. The molecular weight excluding hydrogens is 600 g/mol. The molecule has 44 heavy (non-hydrogen) atoms. The zero-order valence-corrected chi connectivity index (χ0v) is 24.7. The highest BCUT2D eigenvalue weighted by molar-refractivity contribution is 6.30. The number of carbonyl (C=O) groups excluding carboxylic acids is 2. The molecule has 0 bridgehead atoms. The van der Waals surface area contributed by atoms with Gasteiger partial charge in [0.1, 0.15) is 29.5 Å². The van der Waals surface area contributed by atoms with Crippen LogP contribution in [0.2, 0.25) is 5.02 Å². The Hall–Kier alpha value is -4.34. The van der Waals surface area contributed by atoms with Crippen molar-refractivity contribution in [2.75, 3.05) is 46.4 Å². The van der Waals surface area contributed by atoms with Crippen LogP contribution >= 0.6 is 11.6 Å². The molecule has 3 heterocycles. The van der Waals surface area contributed by atoms with Crippen molar-refractivity contribution < 1.29 is 27.8 Å². The molecule has 0 saturated carbocycles. The van der Waals surface area contributed by atoms with E-state index in [0.717, 1.165) is 32.1 Å². The van der Waals surface area contributed by atoms with E-state index in [1.165, 1.54) is 30.6 Å². The van der Waals surface area contributed by atoms with Crippen LogP contribution in [0.3, 0.4) is 0 Å².